The molecule has 3 nitrogen and oxygen atoms in total. The van der Waals surface area contributed by atoms with Crippen LogP contribution in [0.4, 0.5) is 0 Å². The molecule has 0 radical (unpaired) electrons. The predicted octanol–water partition coefficient (Wildman–Crippen LogP) is 2.10. The fourth-order valence-corrected chi connectivity index (χ4v) is 1.61. The lowest BCUT2D eigenvalue weighted by Gasteiger charge is -2.18. The zero-order valence-corrected chi connectivity index (χ0v) is 9.89. The summed E-state index contributed by atoms with van der Waals surface area (Å²) in [4.78, 5) is 8.21. The van der Waals surface area contributed by atoms with E-state index in [1.165, 1.54) is 11.8 Å². The van der Waals surface area contributed by atoms with E-state index in [0.29, 0.717) is 5.16 Å². The van der Waals surface area contributed by atoms with Crippen LogP contribution in [0.15, 0.2) is 22.0 Å². The second-order valence-electron chi connectivity index (χ2n) is 3.20. The molecule has 1 aromatic rings. The first-order valence-corrected chi connectivity index (χ1v) is 5.42. The van der Waals surface area contributed by atoms with Crippen LogP contribution < -0.4 is 0 Å². The molecule has 0 aliphatic carbocycles. The van der Waals surface area contributed by atoms with Crippen LogP contribution in [0, 0.1) is 0 Å². The Morgan fingerprint density at radius 2 is 2.00 bits per heavy atom. The maximum absolute atomic E-state index is 9.02. The number of aliphatic hydroxyl groups is 1. The minimum absolute atomic E-state index is 0.108. The molecule has 0 atom stereocenters. The third-order valence-corrected chi connectivity index (χ3v) is 2.83. The predicted molar refractivity (Wildman–Crippen MR) is 56.8 cm³/mol. The first kappa shape index (κ1) is 10.9. The highest BCUT2D eigenvalue weighted by Gasteiger charge is 2.19. The molecular weight excluding hydrogens is 252 g/mol. The summed E-state index contributed by atoms with van der Waals surface area (Å²) < 4.78 is 0.632. The standard InChI is InChI=1S/C8H11BrN2OS/c1-8(2,5-12)13-7-10-3-6(9)4-11-7/h3-4,12H,5H2,1-2H3. The van der Waals surface area contributed by atoms with Crippen molar-refractivity contribution >= 4 is 27.7 Å². The molecule has 0 fully saturated rings. The quantitative estimate of drug-likeness (QED) is 0.670. The monoisotopic (exact) mass is 262 g/mol. The third kappa shape index (κ3) is 3.62. The molecule has 0 saturated heterocycles. The third-order valence-electron chi connectivity index (χ3n) is 1.34. The highest BCUT2D eigenvalue weighted by molar-refractivity contribution is 9.10. The van der Waals surface area contributed by atoms with E-state index in [2.05, 4.69) is 25.9 Å². The first-order valence-electron chi connectivity index (χ1n) is 3.81. The molecule has 1 heterocycles. The normalized spacial score (nSPS) is 11.7. The summed E-state index contributed by atoms with van der Waals surface area (Å²) in [6, 6.07) is 0. The molecule has 0 bridgehead atoms. The van der Waals surface area contributed by atoms with Gasteiger partial charge < -0.3 is 5.11 Å². The Kier molecular flexibility index (Phi) is 3.70. The SMILES string of the molecule is CC(C)(CO)Sc1ncc(Br)cn1. The first-order chi connectivity index (χ1) is 6.03. The van der Waals surface area contributed by atoms with E-state index in [1.54, 1.807) is 12.4 Å². The van der Waals surface area contributed by atoms with Crippen molar-refractivity contribution in [1.29, 1.82) is 0 Å². The van der Waals surface area contributed by atoms with Gasteiger partial charge in [-0.2, -0.15) is 0 Å². The van der Waals surface area contributed by atoms with E-state index >= 15 is 0 Å². The molecule has 0 aromatic carbocycles. The smallest absolute Gasteiger partial charge is 0.188 e. The largest absolute Gasteiger partial charge is 0.395 e. The van der Waals surface area contributed by atoms with Crippen LogP contribution in [0.2, 0.25) is 0 Å². The maximum atomic E-state index is 9.02. The molecule has 0 amide bonds. The van der Waals surface area contributed by atoms with E-state index < -0.39 is 0 Å². The molecule has 5 heteroatoms. The second-order valence-corrected chi connectivity index (χ2v) is 5.79. The Morgan fingerprint density at radius 1 is 1.46 bits per heavy atom. The van der Waals surface area contributed by atoms with Gasteiger partial charge in [-0.25, -0.2) is 9.97 Å². The molecule has 0 saturated carbocycles. The van der Waals surface area contributed by atoms with Gasteiger partial charge in [-0.3, -0.25) is 0 Å². The molecule has 0 aliphatic rings. The Hall–Kier alpha value is -0.130. The summed E-state index contributed by atoms with van der Waals surface area (Å²) in [6.07, 6.45) is 3.39. The molecular formula is C8H11BrN2OS. The number of thioether (sulfide) groups is 1. The minimum atomic E-state index is -0.228. The minimum Gasteiger partial charge on any atom is -0.395 e. The van der Waals surface area contributed by atoms with Gasteiger partial charge in [0, 0.05) is 17.1 Å². The zero-order chi connectivity index (χ0) is 9.90. The molecule has 1 aromatic heterocycles. The highest BCUT2D eigenvalue weighted by atomic mass is 79.9. The molecule has 1 rings (SSSR count). The van der Waals surface area contributed by atoms with Crippen molar-refractivity contribution in [3.05, 3.63) is 16.9 Å². The van der Waals surface area contributed by atoms with Crippen LogP contribution in [-0.4, -0.2) is 26.4 Å². The maximum Gasteiger partial charge on any atom is 0.188 e. The molecule has 0 unspecified atom stereocenters. The van der Waals surface area contributed by atoms with Gasteiger partial charge in [0.25, 0.3) is 0 Å². The number of rotatable bonds is 3. The number of aliphatic hydroxyl groups excluding tert-OH is 1. The summed E-state index contributed by atoms with van der Waals surface area (Å²) in [5.41, 5.74) is 0. The average molecular weight is 263 g/mol. The van der Waals surface area contributed by atoms with Crippen molar-refractivity contribution in [3.63, 3.8) is 0 Å². The van der Waals surface area contributed by atoms with Crippen molar-refractivity contribution < 1.29 is 5.11 Å². The fraction of sp³-hybridized carbons (Fsp3) is 0.500. The lowest BCUT2D eigenvalue weighted by molar-refractivity contribution is 0.265. The van der Waals surface area contributed by atoms with Crippen LogP contribution in [0.1, 0.15) is 13.8 Å². The number of nitrogens with zero attached hydrogens (tertiary/aromatic N) is 2. The molecule has 1 N–H and O–H groups in total. The number of halogens is 1. The highest BCUT2D eigenvalue weighted by Crippen LogP contribution is 2.29. The number of hydrogen-bond acceptors (Lipinski definition) is 4. The van der Waals surface area contributed by atoms with Crippen molar-refractivity contribution in [2.75, 3.05) is 6.61 Å². The summed E-state index contributed by atoms with van der Waals surface area (Å²) in [5, 5.41) is 9.71. The van der Waals surface area contributed by atoms with Crippen LogP contribution in [0.3, 0.4) is 0 Å². The summed E-state index contributed by atoms with van der Waals surface area (Å²) in [5.74, 6) is 0. The lowest BCUT2D eigenvalue weighted by Crippen LogP contribution is -2.20. The summed E-state index contributed by atoms with van der Waals surface area (Å²) in [7, 11) is 0. The topological polar surface area (TPSA) is 46.0 Å². The van der Waals surface area contributed by atoms with Gasteiger partial charge in [-0.05, 0) is 29.8 Å². The van der Waals surface area contributed by atoms with E-state index in [9.17, 15) is 0 Å². The van der Waals surface area contributed by atoms with Gasteiger partial charge in [0.05, 0.1) is 11.1 Å². The molecule has 0 aliphatic heterocycles. The summed E-state index contributed by atoms with van der Waals surface area (Å²) >= 11 is 4.72. The molecule has 13 heavy (non-hydrogen) atoms. The van der Waals surface area contributed by atoms with Crippen molar-refractivity contribution in [2.24, 2.45) is 0 Å². The van der Waals surface area contributed by atoms with Crippen LogP contribution in [0.25, 0.3) is 0 Å². The van der Waals surface area contributed by atoms with E-state index in [4.69, 9.17) is 5.11 Å². The van der Waals surface area contributed by atoms with Crippen molar-refractivity contribution in [2.45, 2.75) is 23.8 Å². The Balaban J connectivity index is 2.69. The lowest BCUT2D eigenvalue weighted by atomic mass is 10.2. The van der Waals surface area contributed by atoms with Crippen molar-refractivity contribution in [1.82, 2.24) is 9.97 Å². The van der Waals surface area contributed by atoms with Crippen molar-refractivity contribution in [3.8, 4) is 0 Å². The van der Waals surface area contributed by atoms with Gasteiger partial charge in [-0.1, -0.05) is 11.8 Å². The zero-order valence-electron chi connectivity index (χ0n) is 7.49. The summed E-state index contributed by atoms with van der Waals surface area (Å²) in [6.45, 7) is 4.00. The Morgan fingerprint density at radius 3 is 2.46 bits per heavy atom. The average Bonchev–Trinajstić information content (AvgIpc) is 2.09. The van der Waals surface area contributed by atoms with Crippen LogP contribution in [0.5, 0.6) is 0 Å². The fourth-order valence-electron chi connectivity index (χ4n) is 0.633. The van der Waals surface area contributed by atoms with E-state index in [-0.39, 0.29) is 11.4 Å². The van der Waals surface area contributed by atoms with E-state index in [1.807, 2.05) is 13.8 Å². The van der Waals surface area contributed by atoms with Gasteiger partial charge in [0.2, 0.25) is 0 Å². The van der Waals surface area contributed by atoms with E-state index in [0.717, 1.165) is 4.47 Å². The molecule has 0 spiro atoms. The Labute approximate surface area is 90.1 Å². The number of aromatic nitrogens is 2. The van der Waals surface area contributed by atoms with Gasteiger partial charge in [0.15, 0.2) is 5.16 Å². The number of hydrogen-bond donors (Lipinski definition) is 1. The van der Waals surface area contributed by atoms with Crippen LogP contribution in [-0.2, 0) is 0 Å². The van der Waals surface area contributed by atoms with Gasteiger partial charge in [0.1, 0.15) is 0 Å². The second kappa shape index (κ2) is 4.39. The van der Waals surface area contributed by atoms with Gasteiger partial charge >= 0.3 is 0 Å². The van der Waals surface area contributed by atoms with Crippen LogP contribution >= 0.6 is 27.7 Å². The Bertz CT molecular complexity index is 276. The van der Waals surface area contributed by atoms with Gasteiger partial charge in [-0.15, -0.1) is 0 Å². The molecule has 72 valence electrons.